The molecule has 0 saturated heterocycles. The number of para-hydroxylation sites is 2. The van der Waals surface area contributed by atoms with Crippen LogP contribution in [0, 0.1) is 6.92 Å². The maximum absolute atomic E-state index is 13.4. The molecule has 178 valence electrons. The van der Waals surface area contributed by atoms with E-state index in [1.54, 1.807) is 44.2 Å². The topological polar surface area (TPSA) is 129 Å². The number of nitrogens with one attached hydrogen (secondary N) is 2. The fourth-order valence-electron chi connectivity index (χ4n) is 3.76. The molecule has 0 aliphatic carbocycles. The molecule has 1 amide bonds. The highest BCUT2D eigenvalue weighted by Crippen LogP contribution is 2.38. The maximum Gasteiger partial charge on any atom is 0.265 e. The summed E-state index contributed by atoms with van der Waals surface area (Å²) in [6, 6.07) is 11.3. The number of carbonyl (C=O) groups is 2. The van der Waals surface area contributed by atoms with E-state index < -0.39 is 10.0 Å². The third-order valence-electron chi connectivity index (χ3n) is 5.29. The summed E-state index contributed by atoms with van der Waals surface area (Å²) in [4.78, 5) is 24.5. The van der Waals surface area contributed by atoms with Crippen molar-refractivity contribution in [2.75, 3.05) is 23.8 Å². The van der Waals surface area contributed by atoms with Gasteiger partial charge in [0.05, 0.1) is 25.1 Å². The highest BCUT2D eigenvalue weighted by atomic mass is 32.2. The second kappa shape index (κ2) is 9.18. The van der Waals surface area contributed by atoms with Crippen LogP contribution in [0.15, 0.2) is 47.4 Å². The minimum atomic E-state index is -4.11. The molecule has 0 radical (unpaired) electrons. The molecule has 1 aliphatic rings. The second-order valence-electron chi connectivity index (χ2n) is 7.56. The maximum atomic E-state index is 13.4. The third-order valence-corrected chi connectivity index (χ3v) is 6.68. The first-order valence-corrected chi connectivity index (χ1v) is 12.1. The van der Waals surface area contributed by atoms with E-state index in [1.165, 1.54) is 19.2 Å². The summed E-state index contributed by atoms with van der Waals surface area (Å²) in [5, 5.41) is 6.99. The first kappa shape index (κ1) is 23.3. The Morgan fingerprint density at radius 1 is 1.12 bits per heavy atom. The Labute approximate surface area is 196 Å². The smallest absolute Gasteiger partial charge is 0.265 e. The van der Waals surface area contributed by atoms with Crippen molar-refractivity contribution >= 4 is 33.3 Å². The molecule has 0 fully saturated rings. The number of hydrogen-bond acceptors (Lipinski definition) is 7. The van der Waals surface area contributed by atoms with Gasteiger partial charge in [0.1, 0.15) is 22.2 Å². The summed E-state index contributed by atoms with van der Waals surface area (Å²) in [5.74, 6) is 0.0964. The van der Waals surface area contributed by atoms with Crippen molar-refractivity contribution in [3.63, 3.8) is 0 Å². The molecule has 1 aliphatic heterocycles. The van der Waals surface area contributed by atoms with Gasteiger partial charge in [0.15, 0.2) is 0 Å². The van der Waals surface area contributed by atoms with Gasteiger partial charge in [-0.15, -0.1) is 0 Å². The fourth-order valence-corrected chi connectivity index (χ4v) is 5.03. The lowest BCUT2D eigenvalue weighted by atomic mass is 10.1. The quantitative estimate of drug-likeness (QED) is 0.526. The van der Waals surface area contributed by atoms with Gasteiger partial charge < -0.3 is 14.8 Å². The summed E-state index contributed by atoms with van der Waals surface area (Å²) >= 11 is 0. The molecule has 34 heavy (non-hydrogen) atoms. The Kier molecular flexibility index (Phi) is 6.29. The molecule has 0 unspecified atom stereocenters. The molecule has 0 atom stereocenters. The van der Waals surface area contributed by atoms with E-state index in [4.69, 9.17) is 9.47 Å². The Hall–Kier alpha value is -3.86. The van der Waals surface area contributed by atoms with Crippen LogP contribution in [-0.2, 0) is 14.8 Å². The molecule has 10 nitrogen and oxygen atoms in total. The van der Waals surface area contributed by atoms with E-state index in [9.17, 15) is 18.0 Å². The predicted octanol–water partition coefficient (Wildman–Crippen LogP) is 3.44. The minimum absolute atomic E-state index is 0.0325. The summed E-state index contributed by atoms with van der Waals surface area (Å²) < 4.78 is 41.4. The zero-order chi connectivity index (χ0) is 24.5. The van der Waals surface area contributed by atoms with Crippen LogP contribution < -0.4 is 19.5 Å². The van der Waals surface area contributed by atoms with Crippen molar-refractivity contribution in [1.82, 2.24) is 9.78 Å². The number of ether oxygens (including phenoxy) is 2. The van der Waals surface area contributed by atoms with Gasteiger partial charge in [-0.1, -0.05) is 18.2 Å². The van der Waals surface area contributed by atoms with Gasteiger partial charge in [0.25, 0.3) is 10.0 Å². The number of anilines is 2. The Morgan fingerprint density at radius 2 is 1.88 bits per heavy atom. The van der Waals surface area contributed by atoms with Gasteiger partial charge in [-0.3, -0.25) is 14.3 Å². The van der Waals surface area contributed by atoms with Crippen molar-refractivity contribution in [1.29, 1.82) is 0 Å². The largest absolute Gasteiger partial charge is 0.495 e. The van der Waals surface area contributed by atoms with Crippen LogP contribution in [0.2, 0.25) is 0 Å². The molecule has 2 aromatic carbocycles. The fraction of sp³-hybridized carbons (Fsp3) is 0.261. The van der Waals surface area contributed by atoms with Gasteiger partial charge in [0, 0.05) is 18.4 Å². The summed E-state index contributed by atoms with van der Waals surface area (Å²) in [6.07, 6.45) is 0.0802. The summed E-state index contributed by atoms with van der Waals surface area (Å²) in [7, 11) is -2.74. The molecule has 0 spiro atoms. The van der Waals surface area contributed by atoms with Gasteiger partial charge >= 0.3 is 0 Å². The van der Waals surface area contributed by atoms with Gasteiger partial charge in [-0.05, 0) is 43.7 Å². The lowest BCUT2D eigenvalue weighted by Gasteiger charge is -2.16. The molecule has 2 heterocycles. The Bertz CT molecular complexity index is 1380. The van der Waals surface area contributed by atoms with E-state index in [0.717, 1.165) is 4.68 Å². The third kappa shape index (κ3) is 4.34. The number of aryl methyl sites for hydroxylation is 1. The Balaban J connectivity index is 1.82. The highest BCUT2D eigenvalue weighted by molar-refractivity contribution is 7.92. The molecule has 2 N–H and O–H groups in total. The van der Waals surface area contributed by atoms with Crippen LogP contribution >= 0.6 is 0 Å². The standard InChI is InChI=1S/C23H24N4O6S/c1-4-33-17-8-6-5-7-16(17)26-34(30,31)19-13-15(9-10-18(19)32-3)22-14(2)25-27-21(29)12-11-20(28)24-23(22)27/h5-10,13,26H,4,11-12H2,1-3H3,(H,24,28). The molecular formula is C23H24N4O6S. The monoisotopic (exact) mass is 484 g/mol. The number of amides is 1. The number of nitrogens with zero attached hydrogens (tertiary/aromatic N) is 2. The van der Waals surface area contributed by atoms with Crippen LogP contribution in [-0.4, -0.2) is 43.7 Å². The van der Waals surface area contributed by atoms with Crippen molar-refractivity contribution in [3.05, 3.63) is 48.2 Å². The highest BCUT2D eigenvalue weighted by Gasteiger charge is 2.28. The average molecular weight is 485 g/mol. The number of aromatic nitrogens is 2. The van der Waals surface area contributed by atoms with Crippen LogP contribution in [0.5, 0.6) is 11.5 Å². The van der Waals surface area contributed by atoms with Gasteiger partial charge in [-0.2, -0.15) is 9.78 Å². The number of hydrogen-bond donors (Lipinski definition) is 2. The molecule has 0 bridgehead atoms. The summed E-state index contributed by atoms with van der Waals surface area (Å²) in [5.41, 5.74) is 1.66. The number of benzene rings is 2. The van der Waals surface area contributed by atoms with Crippen LogP contribution in [0.1, 0.15) is 30.3 Å². The van der Waals surface area contributed by atoms with Crippen LogP contribution in [0.25, 0.3) is 11.1 Å². The number of rotatable bonds is 7. The predicted molar refractivity (Wildman–Crippen MR) is 126 cm³/mol. The molecule has 3 aromatic rings. The van der Waals surface area contributed by atoms with Crippen molar-refractivity contribution in [3.8, 4) is 22.6 Å². The molecule has 1 aromatic heterocycles. The summed E-state index contributed by atoms with van der Waals surface area (Å²) in [6.45, 7) is 3.86. The van der Waals surface area contributed by atoms with Gasteiger partial charge in [-0.25, -0.2) is 8.42 Å². The number of methoxy groups -OCH3 is 1. The average Bonchev–Trinajstić information content (AvgIpc) is 3.06. The van der Waals surface area contributed by atoms with Crippen molar-refractivity contribution in [2.24, 2.45) is 0 Å². The SMILES string of the molecule is CCOc1ccccc1NS(=O)(=O)c1cc(-c2c(C)nn3c2NC(=O)CCC3=O)ccc1OC. The molecule has 0 saturated carbocycles. The van der Waals surface area contributed by atoms with E-state index in [2.05, 4.69) is 15.1 Å². The number of sulfonamides is 1. The minimum Gasteiger partial charge on any atom is -0.495 e. The van der Waals surface area contributed by atoms with E-state index in [-0.39, 0.29) is 46.8 Å². The molecule has 11 heteroatoms. The lowest BCUT2D eigenvalue weighted by Crippen LogP contribution is -2.15. The first-order chi connectivity index (χ1) is 16.2. The van der Waals surface area contributed by atoms with Crippen LogP contribution in [0.4, 0.5) is 11.5 Å². The Morgan fingerprint density at radius 3 is 2.62 bits per heavy atom. The molecular weight excluding hydrogens is 460 g/mol. The van der Waals surface area contributed by atoms with Crippen molar-refractivity contribution < 1.29 is 27.5 Å². The van der Waals surface area contributed by atoms with E-state index in [0.29, 0.717) is 29.2 Å². The molecule has 4 rings (SSSR count). The number of fused-ring (bicyclic) bond motifs is 1. The van der Waals surface area contributed by atoms with E-state index >= 15 is 0 Å². The second-order valence-corrected chi connectivity index (χ2v) is 9.21. The van der Waals surface area contributed by atoms with E-state index in [1.807, 2.05) is 0 Å². The van der Waals surface area contributed by atoms with Crippen LogP contribution in [0.3, 0.4) is 0 Å². The number of carbonyl (C=O) groups excluding carboxylic acids is 2. The van der Waals surface area contributed by atoms with Gasteiger partial charge in [0.2, 0.25) is 11.8 Å². The van der Waals surface area contributed by atoms with Crippen molar-refractivity contribution in [2.45, 2.75) is 31.6 Å². The normalized spacial score (nSPS) is 13.6. The first-order valence-electron chi connectivity index (χ1n) is 10.6. The lowest BCUT2D eigenvalue weighted by molar-refractivity contribution is -0.116. The zero-order valence-corrected chi connectivity index (χ0v) is 19.7. The zero-order valence-electron chi connectivity index (χ0n) is 18.9.